The van der Waals surface area contributed by atoms with Crippen LogP contribution < -0.4 is 9.86 Å². The van der Waals surface area contributed by atoms with Crippen LogP contribution in [0, 0.1) is 6.92 Å². The molecule has 0 aliphatic rings. The summed E-state index contributed by atoms with van der Waals surface area (Å²) in [6.07, 6.45) is 1.30. The third kappa shape index (κ3) is 5.45. The summed E-state index contributed by atoms with van der Waals surface area (Å²) < 4.78 is 49.8. The van der Waals surface area contributed by atoms with Gasteiger partial charge in [0.2, 0.25) is 10.0 Å². The summed E-state index contributed by atoms with van der Waals surface area (Å²) in [5.74, 6) is 0. The largest absolute Gasteiger partial charge is 0.279 e. The number of primary sulfonamides is 1. The summed E-state index contributed by atoms with van der Waals surface area (Å²) in [5.41, 5.74) is 1.05. The molecule has 2 rings (SSSR count). The van der Waals surface area contributed by atoms with E-state index in [4.69, 9.17) is 28.3 Å². The van der Waals surface area contributed by atoms with Crippen LogP contribution in [0.2, 0.25) is 10.0 Å². The van der Waals surface area contributed by atoms with Gasteiger partial charge in [0.15, 0.2) is 0 Å². The van der Waals surface area contributed by atoms with E-state index in [1.807, 2.05) is 0 Å². The Bertz CT molecular complexity index is 1050. The topological polar surface area (TPSA) is 106 Å². The second kappa shape index (κ2) is 7.35. The minimum Gasteiger partial charge on any atom is -0.279 e. The van der Waals surface area contributed by atoms with Gasteiger partial charge in [-0.05, 0) is 48.4 Å². The monoisotopic (exact) mass is 420 g/mol. The third-order valence-electron chi connectivity index (χ3n) is 3.08. The predicted octanol–water partition coefficient (Wildman–Crippen LogP) is 3.36. The van der Waals surface area contributed by atoms with E-state index >= 15 is 0 Å². The summed E-state index contributed by atoms with van der Waals surface area (Å²) in [6, 6.07) is 8.75. The lowest BCUT2D eigenvalue weighted by atomic mass is 10.2. The molecule has 0 spiro atoms. The van der Waals surface area contributed by atoms with Crippen LogP contribution in [0.5, 0.6) is 0 Å². The van der Waals surface area contributed by atoms with Crippen molar-refractivity contribution in [3.05, 3.63) is 63.0 Å². The summed E-state index contributed by atoms with van der Waals surface area (Å²) in [6.45, 7) is 1.69. The average molecular weight is 421 g/mol. The van der Waals surface area contributed by atoms with E-state index in [-0.39, 0.29) is 15.6 Å². The molecular formula is C15H14Cl2N2O4S2. The Morgan fingerprint density at radius 2 is 1.68 bits per heavy atom. The fourth-order valence-corrected chi connectivity index (χ4v) is 3.87. The molecule has 0 saturated heterocycles. The van der Waals surface area contributed by atoms with Crippen molar-refractivity contribution >= 4 is 55.0 Å². The molecule has 134 valence electrons. The number of aryl methyl sites for hydroxylation is 1. The van der Waals surface area contributed by atoms with Gasteiger partial charge in [-0.1, -0.05) is 35.3 Å². The van der Waals surface area contributed by atoms with E-state index in [1.165, 1.54) is 36.4 Å². The number of benzene rings is 2. The summed E-state index contributed by atoms with van der Waals surface area (Å²) in [7, 11) is -8.07. The number of rotatable bonds is 5. The first-order valence-electron chi connectivity index (χ1n) is 6.77. The van der Waals surface area contributed by atoms with E-state index in [2.05, 4.69) is 4.72 Å². The summed E-state index contributed by atoms with van der Waals surface area (Å²) >= 11 is 11.7. The van der Waals surface area contributed by atoms with Gasteiger partial charge in [0.1, 0.15) is 4.90 Å². The van der Waals surface area contributed by atoms with Gasteiger partial charge in [-0.2, -0.15) is 0 Å². The fraction of sp³-hybridized carbons (Fsp3) is 0.0667. The average Bonchev–Trinajstić information content (AvgIpc) is 2.47. The van der Waals surface area contributed by atoms with Gasteiger partial charge >= 0.3 is 0 Å². The highest BCUT2D eigenvalue weighted by Crippen LogP contribution is 2.25. The van der Waals surface area contributed by atoms with Gasteiger partial charge in [0.25, 0.3) is 10.0 Å². The van der Waals surface area contributed by atoms with Gasteiger partial charge in [-0.25, -0.2) is 22.0 Å². The van der Waals surface area contributed by atoms with Gasteiger partial charge in [0.05, 0.1) is 21.1 Å². The van der Waals surface area contributed by atoms with Crippen molar-refractivity contribution in [1.29, 1.82) is 0 Å². The Hall–Kier alpha value is -1.58. The molecule has 0 atom stereocenters. The highest BCUT2D eigenvalue weighted by Gasteiger charge is 2.17. The SMILES string of the molecule is Cc1ccc(S(N)(=O)=O)c(NS(=O)(=O)/C=C/c2ccc(Cl)c(Cl)c2)c1. The molecule has 0 unspecified atom stereocenters. The van der Waals surface area contributed by atoms with Crippen molar-refractivity contribution in [3.63, 3.8) is 0 Å². The Balaban J connectivity index is 2.34. The van der Waals surface area contributed by atoms with Crippen molar-refractivity contribution in [1.82, 2.24) is 0 Å². The van der Waals surface area contributed by atoms with Crippen LogP contribution in [0.25, 0.3) is 6.08 Å². The molecule has 3 N–H and O–H groups in total. The lowest BCUT2D eigenvalue weighted by Crippen LogP contribution is -2.17. The molecule has 0 amide bonds. The molecule has 0 aliphatic carbocycles. The molecule has 0 aromatic heterocycles. The molecule has 2 aromatic carbocycles. The van der Waals surface area contributed by atoms with Gasteiger partial charge in [0, 0.05) is 0 Å². The molecule has 0 fully saturated rings. The van der Waals surface area contributed by atoms with Crippen molar-refractivity contribution in [2.45, 2.75) is 11.8 Å². The Morgan fingerprint density at radius 3 is 2.28 bits per heavy atom. The molecule has 0 heterocycles. The first-order valence-corrected chi connectivity index (χ1v) is 10.6. The molecule has 25 heavy (non-hydrogen) atoms. The van der Waals surface area contributed by atoms with Crippen molar-refractivity contribution in [2.24, 2.45) is 5.14 Å². The maximum atomic E-state index is 12.2. The van der Waals surface area contributed by atoms with Crippen LogP contribution in [0.15, 0.2) is 46.7 Å². The minimum absolute atomic E-state index is 0.124. The van der Waals surface area contributed by atoms with E-state index < -0.39 is 20.0 Å². The first-order chi connectivity index (χ1) is 11.5. The van der Waals surface area contributed by atoms with E-state index in [9.17, 15) is 16.8 Å². The lowest BCUT2D eigenvalue weighted by molar-refractivity contribution is 0.598. The van der Waals surface area contributed by atoms with Crippen LogP contribution in [0.4, 0.5) is 5.69 Å². The lowest BCUT2D eigenvalue weighted by Gasteiger charge is -2.10. The van der Waals surface area contributed by atoms with Crippen LogP contribution in [0.3, 0.4) is 0 Å². The normalized spacial score (nSPS) is 12.5. The Labute approximate surface area is 156 Å². The number of nitrogens with one attached hydrogen (secondary N) is 1. The molecule has 6 nitrogen and oxygen atoms in total. The molecule has 0 radical (unpaired) electrons. The summed E-state index contributed by atoms with van der Waals surface area (Å²) in [5, 5.41) is 6.63. The maximum Gasteiger partial charge on any atom is 0.255 e. The quantitative estimate of drug-likeness (QED) is 0.772. The molecule has 0 saturated carbocycles. The van der Waals surface area contributed by atoms with Gasteiger partial charge in [-0.3, -0.25) is 4.72 Å². The van der Waals surface area contributed by atoms with Gasteiger partial charge in [-0.15, -0.1) is 0 Å². The fourth-order valence-electron chi connectivity index (χ4n) is 1.94. The molecular weight excluding hydrogens is 407 g/mol. The van der Waals surface area contributed by atoms with Crippen LogP contribution in [-0.4, -0.2) is 16.8 Å². The Kier molecular flexibility index (Phi) is 5.80. The molecule has 0 bridgehead atoms. The summed E-state index contributed by atoms with van der Waals surface area (Å²) in [4.78, 5) is -0.315. The molecule has 2 aromatic rings. The second-order valence-electron chi connectivity index (χ2n) is 5.17. The van der Waals surface area contributed by atoms with Crippen LogP contribution in [-0.2, 0) is 20.0 Å². The predicted molar refractivity (Wildman–Crippen MR) is 101 cm³/mol. The zero-order valence-corrected chi connectivity index (χ0v) is 16.0. The highest BCUT2D eigenvalue weighted by atomic mass is 35.5. The number of hydrogen-bond donors (Lipinski definition) is 2. The number of hydrogen-bond acceptors (Lipinski definition) is 4. The van der Waals surface area contributed by atoms with Crippen LogP contribution in [0.1, 0.15) is 11.1 Å². The number of sulfonamides is 2. The zero-order chi connectivity index (χ0) is 18.8. The molecule has 0 aliphatic heterocycles. The minimum atomic E-state index is -4.08. The standard InChI is InChI=1S/C15H14Cl2N2O4S2/c1-10-2-5-15(25(18,22)23)14(8-10)19-24(20,21)7-6-11-3-4-12(16)13(17)9-11/h2-9,19H,1H3,(H2,18,22,23)/b7-6+. The van der Waals surface area contributed by atoms with E-state index in [0.29, 0.717) is 16.1 Å². The van der Waals surface area contributed by atoms with E-state index in [0.717, 1.165) is 5.41 Å². The second-order valence-corrected chi connectivity index (χ2v) is 9.08. The van der Waals surface area contributed by atoms with Gasteiger partial charge < -0.3 is 0 Å². The maximum absolute atomic E-state index is 12.2. The third-order valence-corrected chi connectivity index (χ3v) is 5.78. The smallest absolute Gasteiger partial charge is 0.255 e. The highest BCUT2D eigenvalue weighted by molar-refractivity contribution is 7.95. The number of anilines is 1. The first kappa shape index (κ1) is 19.7. The molecule has 10 heteroatoms. The Morgan fingerprint density at radius 1 is 1.00 bits per heavy atom. The van der Waals surface area contributed by atoms with Crippen molar-refractivity contribution < 1.29 is 16.8 Å². The number of halogens is 2. The van der Waals surface area contributed by atoms with E-state index in [1.54, 1.807) is 13.0 Å². The van der Waals surface area contributed by atoms with Crippen molar-refractivity contribution in [2.75, 3.05) is 4.72 Å². The number of nitrogens with two attached hydrogens (primary N) is 1. The zero-order valence-electron chi connectivity index (χ0n) is 12.9. The van der Waals surface area contributed by atoms with Crippen molar-refractivity contribution in [3.8, 4) is 0 Å². The van der Waals surface area contributed by atoms with Crippen LogP contribution >= 0.6 is 23.2 Å².